The van der Waals surface area contributed by atoms with Crippen LogP contribution in [0.3, 0.4) is 0 Å². The minimum absolute atomic E-state index is 0.0156. The number of rotatable bonds is 6. The maximum Gasteiger partial charge on any atom is 0.317 e. The van der Waals surface area contributed by atoms with Crippen molar-refractivity contribution in [3.8, 4) is 0 Å². The fraction of sp³-hybridized carbons (Fsp3) is 0.765. The molecule has 1 saturated heterocycles. The number of piperidine rings is 1. The molecular formula is C17H30N4O2. The first-order valence-corrected chi connectivity index (χ1v) is 8.61. The average Bonchev–Trinajstić information content (AvgIpc) is 2.97. The molecule has 130 valence electrons. The lowest BCUT2D eigenvalue weighted by molar-refractivity contribution is 0.0518. The van der Waals surface area contributed by atoms with Gasteiger partial charge in [-0.1, -0.05) is 13.8 Å². The lowest BCUT2D eigenvalue weighted by Crippen LogP contribution is -2.49. The maximum absolute atomic E-state index is 12.3. The maximum atomic E-state index is 12.3. The monoisotopic (exact) mass is 322 g/mol. The summed E-state index contributed by atoms with van der Waals surface area (Å²) in [4.78, 5) is 18.4. The summed E-state index contributed by atoms with van der Waals surface area (Å²) in [5.41, 5.74) is 0.0169. The van der Waals surface area contributed by atoms with E-state index in [0.717, 1.165) is 44.7 Å². The van der Waals surface area contributed by atoms with E-state index < -0.39 is 0 Å². The molecule has 1 aliphatic rings. The molecule has 0 aliphatic carbocycles. The number of nitrogens with zero attached hydrogens (tertiary/aromatic N) is 3. The van der Waals surface area contributed by atoms with Crippen LogP contribution in [0.15, 0.2) is 12.4 Å². The molecule has 0 bridgehead atoms. The van der Waals surface area contributed by atoms with Gasteiger partial charge in [-0.05, 0) is 37.5 Å². The highest BCUT2D eigenvalue weighted by Crippen LogP contribution is 2.34. The molecular weight excluding hydrogens is 292 g/mol. The van der Waals surface area contributed by atoms with Gasteiger partial charge < -0.3 is 19.9 Å². The second-order valence-corrected chi connectivity index (χ2v) is 6.92. The smallest absolute Gasteiger partial charge is 0.317 e. The van der Waals surface area contributed by atoms with Gasteiger partial charge in [0, 0.05) is 45.2 Å². The standard InChI is InChI=1S/C17H30N4O2/c1-4-17(13-22)5-8-20(9-6-17)16(23)19-11-14(2)12-21-10-7-18-15(21)3/h7,10,14,22H,4-6,8-9,11-13H2,1-3H3,(H,19,23). The number of carbonyl (C=O) groups excluding carboxylic acids is 1. The van der Waals surface area contributed by atoms with Crippen LogP contribution in [0.5, 0.6) is 0 Å². The molecule has 1 aromatic rings. The molecule has 0 spiro atoms. The van der Waals surface area contributed by atoms with Crippen molar-refractivity contribution >= 4 is 6.03 Å². The number of nitrogens with one attached hydrogen (secondary N) is 1. The second-order valence-electron chi connectivity index (χ2n) is 6.92. The van der Waals surface area contributed by atoms with Crippen LogP contribution < -0.4 is 5.32 Å². The number of hydrogen-bond acceptors (Lipinski definition) is 3. The van der Waals surface area contributed by atoms with Gasteiger partial charge >= 0.3 is 6.03 Å². The topological polar surface area (TPSA) is 70.4 Å². The van der Waals surface area contributed by atoms with Gasteiger partial charge in [-0.25, -0.2) is 9.78 Å². The Bertz CT molecular complexity index is 500. The summed E-state index contributed by atoms with van der Waals surface area (Å²) < 4.78 is 2.11. The van der Waals surface area contributed by atoms with Crippen molar-refractivity contribution in [2.24, 2.45) is 11.3 Å². The SMILES string of the molecule is CCC1(CO)CCN(C(=O)NCC(C)Cn2ccnc2C)CC1. The summed E-state index contributed by atoms with van der Waals surface area (Å²) >= 11 is 0. The Morgan fingerprint density at radius 2 is 2.17 bits per heavy atom. The number of urea groups is 1. The van der Waals surface area contributed by atoms with Gasteiger partial charge in [0.15, 0.2) is 0 Å². The molecule has 2 heterocycles. The first-order chi connectivity index (χ1) is 11.0. The number of aromatic nitrogens is 2. The first kappa shape index (κ1) is 17.8. The zero-order valence-corrected chi connectivity index (χ0v) is 14.6. The largest absolute Gasteiger partial charge is 0.396 e. The molecule has 0 aromatic carbocycles. The Labute approximate surface area is 138 Å². The van der Waals surface area contributed by atoms with Gasteiger partial charge in [-0.2, -0.15) is 0 Å². The fourth-order valence-corrected chi connectivity index (χ4v) is 3.18. The van der Waals surface area contributed by atoms with Gasteiger partial charge in [0.05, 0.1) is 0 Å². The van der Waals surface area contributed by atoms with Crippen LogP contribution in [-0.4, -0.2) is 51.8 Å². The van der Waals surface area contributed by atoms with Crippen molar-refractivity contribution in [2.75, 3.05) is 26.2 Å². The van der Waals surface area contributed by atoms with E-state index in [1.54, 1.807) is 6.20 Å². The Morgan fingerprint density at radius 1 is 1.48 bits per heavy atom. The minimum atomic E-state index is 0.0156. The Morgan fingerprint density at radius 3 is 2.70 bits per heavy atom. The third-order valence-electron chi connectivity index (χ3n) is 5.23. The molecule has 6 nitrogen and oxygen atoms in total. The van der Waals surface area contributed by atoms with Crippen LogP contribution in [0.25, 0.3) is 0 Å². The number of likely N-dealkylation sites (tertiary alicyclic amines) is 1. The summed E-state index contributed by atoms with van der Waals surface area (Å²) in [6.45, 7) is 9.43. The normalized spacial score (nSPS) is 18.7. The summed E-state index contributed by atoms with van der Waals surface area (Å²) in [5, 5.41) is 12.6. The summed E-state index contributed by atoms with van der Waals surface area (Å²) in [6, 6.07) is 0.0156. The summed E-state index contributed by atoms with van der Waals surface area (Å²) in [6.07, 6.45) is 6.52. The molecule has 2 amide bonds. The van der Waals surface area contributed by atoms with E-state index in [1.165, 1.54) is 0 Å². The number of aliphatic hydroxyl groups excluding tert-OH is 1. The van der Waals surface area contributed by atoms with Crippen LogP contribution in [-0.2, 0) is 6.54 Å². The third-order valence-corrected chi connectivity index (χ3v) is 5.23. The Balaban J connectivity index is 1.74. The Hall–Kier alpha value is -1.56. The highest BCUT2D eigenvalue weighted by Gasteiger charge is 2.33. The quantitative estimate of drug-likeness (QED) is 0.842. The van der Waals surface area contributed by atoms with Gasteiger partial charge in [-0.3, -0.25) is 0 Å². The van der Waals surface area contributed by atoms with E-state index in [9.17, 15) is 9.90 Å². The van der Waals surface area contributed by atoms with E-state index in [2.05, 4.69) is 28.7 Å². The van der Waals surface area contributed by atoms with Gasteiger partial charge in [0.1, 0.15) is 5.82 Å². The van der Waals surface area contributed by atoms with E-state index in [4.69, 9.17) is 0 Å². The molecule has 1 unspecified atom stereocenters. The number of imidazole rings is 1. The van der Waals surface area contributed by atoms with Crippen molar-refractivity contribution in [1.29, 1.82) is 0 Å². The summed E-state index contributed by atoms with van der Waals surface area (Å²) in [7, 11) is 0. The molecule has 6 heteroatoms. The van der Waals surface area contributed by atoms with E-state index in [1.807, 2.05) is 18.0 Å². The van der Waals surface area contributed by atoms with Crippen molar-refractivity contribution in [1.82, 2.24) is 19.8 Å². The zero-order valence-electron chi connectivity index (χ0n) is 14.6. The molecule has 1 aromatic heterocycles. The van der Waals surface area contributed by atoms with Gasteiger partial charge in [-0.15, -0.1) is 0 Å². The predicted molar refractivity (Wildman–Crippen MR) is 90.1 cm³/mol. The average molecular weight is 322 g/mol. The van der Waals surface area contributed by atoms with Crippen molar-refractivity contribution in [3.05, 3.63) is 18.2 Å². The Kier molecular flexibility index (Phi) is 6.04. The number of aryl methyl sites for hydroxylation is 1. The van der Waals surface area contributed by atoms with Crippen LogP contribution in [0, 0.1) is 18.3 Å². The van der Waals surface area contributed by atoms with Crippen LogP contribution in [0.2, 0.25) is 0 Å². The van der Waals surface area contributed by atoms with Crippen molar-refractivity contribution in [2.45, 2.75) is 46.6 Å². The van der Waals surface area contributed by atoms with E-state index in [0.29, 0.717) is 12.5 Å². The molecule has 2 rings (SSSR count). The molecule has 1 aliphatic heterocycles. The van der Waals surface area contributed by atoms with Crippen LogP contribution >= 0.6 is 0 Å². The van der Waals surface area contributed by atoms with Crippen molar-refractivity contribution in [3.63, 3.8) is 0 Å². The second kappa shape index (κ2) is 7.81. The number of aliphatic hydroxyl groups is 1. The van der Waals surface area contributed by atoms with Gasteiger partial charge in [0.2, 0.25) is 0 Å². The first-order valence-electron chi connectivity index (χ1n) is 8.61. The molecule has 1 fully saturated rings. The molecule has 0 radical (unpaired) electrons. The molecule has 23 heavy (non-hydrogen) atoms. The molecule has 2 N–H and O–H groups in total. The molecule has 0 saturated carbocycles. The van der Waals surface area contributed by atoms with E-state index in [-0.39, 0.29) is 18.1 Å². The number of amides is 2. The number of carbonyl (C=O) groups is 1. The lowest BCUT2D eigenvalue weighted by Gasteiger charge is -2.40. The predicted octanol–water partition coefficient (Wildman–Crippen LogP) is 2.02. The summed E-state index contributed by atoms with van der Waals surface area (Å²) in [5.74, 6) is 1.35. The van der Waals surface area contributed by atoms with Crippen LogP contribution in [0.1, 0.15) is 38.9 Å². The molecule has 1 atom stereocenters. The van der Waals surface area contributed by atoms with E-state index >= 15 is 0 Å². The lowest BCUT2D eigenvalue weighted by atomic mass is 9.77. The zero-order chi connectivity index (χ0) is 16.9. The third kappa shape index (κ3) is 4.47. The highest BCUT2D eigenvalue weighted by molar-refractivity contribution is 5.74. The van der Waals surface area contributed by atoms with Crippen molar-refractivity contribution < 1.29 is 9.90 Å². The number of hydrogen-bond donors (Lipinski definition) is 2. The highest BCUT2D eigenvalue weighted by atomic mass is 16.3. The van der Waals surface area contributed by atoms with Crippen LogP contribution in [0.4, 0.5) is 4.79 Å². The minimum Gasteiger partial charge on any atom is -0.396 e. The fourth-order valence-electron chi connectivity index (χ4n) is 3.18. The van der Waals surface area contributed by atoms with Gasteiger partial charge in [0.25, 0.3) is 0 Å².